The van der Waals surface area contributed by atoms with Gasteiger partial charge in [0, 0.05) is 36.5 Å². The van der Waals surface area contributed by atoms with E-state index in [1.165, 1.54) is 18.1 Å². The lowest BCUT2D eigenvalue weighted by molar-refractivity contribution is 0.247. The Kier molecular flexibility index (Phi) is 9.60. The normalized spacial score (nSPS) is 15.8. The van der Waals surface area contributed by atoms with Gasteiger partial charge in [-0.1, -0.05) is 26.7 Å². The molecule has 2 aromatic rings. The third-order valence-corrected chi connectivity index (χ3v) is 7.42. The number of nitrogens with zero attached hydrogens (tertiary/aromatic N) is 5. The highest BCUT2D eigenvalue weighted by molar-refractivity contribution is 6.06. The molecule has 1 aromatic heterocycles. The Balaban J connectivity index is 1.58. The molecule has 0 atom stereocenters. The maximum absolute atomic E-state index is 15.5. The Hall–Kier alpha value is -3.14. The monoisotopic (exact) mass is 528 g/mol. The number of benzene rings is 1. The standard InChI is InChI=1S/C28H41FN6O3/c1-5-33(6-2)15-11-10-14-30-27-31-18-20-19-34(23-16-22(38-7-3)17-24(37-4)25(23)29)28(36)35(26(20)32-27)21-12-8-9-13-21/h16-18,21H,5-15,19H2,1-4H3,(H,30,31,32). The summed E-state index contributed by atoms with van der Waals surface area (Å²) in [7, 11) is 1.40. The third-order valence-electron chi connectivity index (χ3n) is 7.42. The van der Waals surface area contributed by atoms with Gasteiger partial charge in [0.05, 0.1) is 25.9 Å². The number of nitrogens with one attached hydrogen (secondary N) is 1. The van der Waals surface area contributed by atoms with E-state index < -0.39 is 5.82 Å². The van der Waals surface area contributed by atoms with Gasteiger partial charge in [0.25, 0.3) is 0 Å². The minimum Gasteiger partial charge on any atom is -0.494 e. The summed E-state index contributed by atoms with van der Waals surface area (Å²) in [5, 5.41) is 3.33. The molecule has 0 radical (unpaired) electrons. The van der Waals surface area contributed by atoms with Crippen LogP contribution in [0.15, 0.2) is 18.3 Å². The van der Waals surface area contributed by atoms with Crippen LogP contribution in [0.1, 0.15) is 64.9 Å². The first kappa shape index (κ1) is 27.9. The van der Waals surface area contributed by atoms with Crippen molar-refractivity contribution in [3.63, 3.8) is 0 Å². The molecule has 0 saturated heterocycles. The molecule has 1 fully saturated rings. The molecule has 0 spiro atoms. The summed E-state index contributed by atoms with van der Waals surface area (Å²) in [5.41, 5.74) is 0.908. The Bertz CT molecular complexity index is 1090. The molecule has 1 N–H and O–H groups in total. The van der Waals surface area contributed by atoms with E-state index in [9.17, 15) is 4.79 Å². The van der Waals surface area contributed by atoms with Gasteiger partial charge >= 0.3 is 6.03 Å². The summed E-state index contributed by atoms with van der Waals surface area (Å²) >= 11 is 0. The smallest absolute Gasteiger partial charge is 0.330 e. The van der Waals surface area contributed by atoms with E-state index in [4.69, 9.17) is 14.5 Å². The number of unbranched alkanes of at least 4 members (excludes halogenated alkanes) is 1. The lowest BCUT2D eigenvalue weighted by Crippen LogP contribution is -2.52. The van der Waals surface area contributed by atoms with Crippen LogP contribution in [0.5, 0.6) is 11.5 Å². The van der Waals surface area contributed by atoms with Gasteiger partial charge in [0.1, 0.15) is 11.6 Å². The molecular formula is C28H41FN6O3. The van der Waals surface area contributed by atoms with Crippen LogP contribution in [0.25, 0.3) is 0 Å². The second kappa shape index (κ2) is 13.1. The van der Waals surface area contributed by atoms with Crippen LogP contribution >= 0.6 is 0 Å². The molecule has 2 heterocycles. The fraction of sp³-hybridized carbons (Fsp3) is 0.607. The summed E-state index contributed by atoms with van der Waals surface area (Å²) in [6, 6.07) is 2.79. The topological polar surface area (TPSA) is 83.1 Å². The fourth-order valence-electron chi connectivity index (χ4n) is 5.30. The third kappa shape index (κ3) is 6.11. The summed E-state index contributed by atoms with van der Waals surface area (Å²) in [4.78, 5) is 28.9. The van der Waals surface area contributed by atoms with Gasteiger partial charge < -0.3 is 19.7 Å². The van der Waals surface area contributed by atoms with Crippen molar-refractivity contribution in [1.82, 2.24) is 14.9 Å². The van der Waals surface area contributed by atoms with Gasteiger partial charge in [-0.2, -0.15) is 4.98 Å². The molecule has 208 valence electrons. The van der Waals surface area contributed by atoms with E-state index in [1.807, 2.05) is 6.92 Å². The molecule has 10 heteroatoms. The number of urea groups is 1. The van der Waals surface area contributed by atoms with Crippen LogP contribution < -0.4 is 24.6 Å². The first-order chi connectivity index (χ1) is 18.5. The van der Waals surface area contributed by atoms with Crippen molar-refractivity contribution in [3.8, 4) is 11.5 Å². The SMILES string of the molecule is CCOc1cc(OC)c(F)c(N2Cc3cnc(NCCCCN(CC)CC)nc3N(C3CCCC3)C2=O)c1. The number of aromatic nitrogens is 2. The van der Waals surface area contributed by atoms with Crippen molar-refractivity contribution >= 4 is 23.5 Å². The van der Waals surface area contributed by atoms with Crippen LogP contribution in [0.4, 0.5) is 26.6 Å². The maximum atomic E-state index is 15.5. The molecule has 2 amide bonds. The van der Waals surface area contributed by atoms with Crippen LogP contribution in [-0.4, -0.2) is 66.8 Å². The van der Waals surface area contributed by atoms with Gasteiger partial charge in [-0.25, -0.2) is 14.2 Å². The molecule has 2 aliphatic rings. The van der Waals surface area contributed by atoms with Crippen LogP contribution in [0.3, 0.4) is 0 Å². The van der Waals surface area contributed by atoms with Gasteiger partial charge in [0.2, 0.25) is 5.95 Å². The highest BCUT2D eigenvalue weighted by atomic mass is 19.1. The number of carbonyl (C=O) groups excluding carboxylic acids is 1. The van der Waals surface area contributed by atoms with E-state index in [1.54, 1.807) is 17.2 Å². The van der Waals surface area contributed by atoms with Crippen molar-refractivity contribution in [1.29, 1.82) is 0 Å². The molecule has 1 saturated carbocycles. The van der Waals surface area contributed by atoms with Crippen LogP contribution in [0, 0.1) is 5.82 Å². The number of methoxy groups -OCH3 is 1. The molecule has 38 heavy (non-hydrogen) atoms. The Morgan fingerprint density at radius 3 is 2.61 bits per heavy atom. The average molecular weight is 529 g/mol. The zero-order valence-electron chi connectivity index (χ0n) is 23.1. The van der Waals surface area contributed by atoms with Crippen molar-refractivity contribution < 1.29 is 18.7 Å². The molecule has 1 aromatic carbocycles. The number of carbonyl (C=O) groups is 1. The molecular weight excluding hydrogens is 487 g/mol. The number of hydrogen-bond acceptors (Lipinski definition) is 7. The second-order valence-corrected chi connectivity index (χ2v) is 9.77. The summed E-state index contributed by atoms with van der Waals surface area (Å²) in [5.74, 6) is 1.02. The number of amides is 2. The zero-order valence-corrected chi connectivity index (χ0v) is 23.1. The summed E-state index contributed by atoms with van der Waals surface area (Å²) < 4.78 is 26.3. The van der Waals surface area contributed by atoms with Crippen LogP contribution in [0.2, 0.25) is 0 Å². The summed E-state index contributed by atoms with van der Waals surface area (Å²) in [6.07, 6.45) is 7.74. The van der Waals surface area contributed by atoms with Gasteiger partial charge in [-0.15, -0.1) is 0 Å². The Labute approximate surface area is 225 Å². The minimum atomic E-state index is -0.594. The lowest BCUT2D eigenvalue weighted by Gasteiger charge is -2.39. The number of hydrogen-bond donors (Lipinski definition) is 1. The molecule has 4 rings (SSSR count). The Morgan fingerprint density at radius 2 is 1.92 bits per heavy atom. The van der Waals surface area contributed by atoms with Crippen molar-refractivity contribution in [2.24, 2.45) is 0 Å². The highest BCUT2D eigenvalue weighted by Crippen LogP contribution is 2.40. The number of halogens is 1. The molecule has 1 aliphatic carbocycles. The maximum Gasteiger partial charge on any atom is 0.330 e. The van der Waals surface area contributed by atoms with Gasteiger partial charge in [0.15, 0.2) is 11.6 Å². The van der Waals surface area contributed by atoms with E-state index >= 15 is 4.39 Å². The summed E-state index contributed by atoms with van der Waals surface area (Å²) in [6.45, 7) is 10.8. The van der Waals surface area contributed by atoms with Crippen LogP contribution in [-0.2, 0) is 6.54 Å². The molecule has 0 bridgehead atoms. The second-order valence-electron chi connectivity index (χ2n) is 9.77. The number of anilines is 3. The van der Waals surface area contributed by atoms with Gasteiger partial charge in [-0.05, 0) is 52.2 Å². The minimum absolute atomic E-state index is 0.0147. The first-order valence-electron chi connectivity index (χ1n) is 13.9. The number of ether oxygens (including phenoxy) is 2. The van der Waals surface area contributed by atoms with E-state index in [2.05, 4.69) is 29.0 Å². The van der Waals surface area contributed by atoms with E-state index in [-0.39, 0.29) is 30.1 Å². The lowest BCUT2D eigenvalue weighted by atomic mass is 10.1. The number of fused-ring (bicyclic) bond motifs is 1. The number of rotatable bonds is 13. The molecule has 0 unspecified atom stereocenters. The van der Waals surface area contributed by atoms with E-state index in [0.29, 0.717) is 24.1 Å². The highest BCUT2D eigenvalue weighted by Gasteiger charge is 2.39. The molecule has 1 aliphatic heterocycles. The van der Waals surface area contributed by atoms with Crippen molar-refractivity contribution in [2.75, 3.05) is 55.0 Å². The van der Waals surface area contributed by atoms with Gasteiger partial charge in [-0.3, -0.25) is 9.80 Å². The van der Waals surface area contributed by atoms with Crippen molar-refractivity contribution in [2.45, 2.75) is 71.9 Å². The predicted octanol–water partition coefficient (Wildman–Crippen LogP) is 5.45. The van der Waals surface area contributed by atoms with E-state index in [0.717, 1.165) is 70.3 Å². The Morgan fingerprint density at radius 1 is 1.16 bits per heavy atom. The quantitative estimate of drug-likeness (QED) is 0.346. The first-order valence-corrected chi connectivity index (χ1v) is 13.9. The average Bonchev–Trinajstić information content (AvgIpc) is 3.46. The predicted molar refractivity (Wildman–Crippen MR) is 148 cm³/mol. The van der Waals surface area contributed by atoms with Crippen molar-refractivity contribution in [3.05, 3.63) is 29.7 Å². The fourth-order valence-corrected chi connectivity index (χ4v) is 5.30. The molecule has 9 nitrogen and oxygen atoms in total. The zero-order chi connectivity index (χ0) is 27.1. The largest absolute Gasteiger partial charge is 0.494 e.